The van der Waals surface area contributed by atoms with E-state index in [1.807, 2.05) is 89.8 Å². The number of carboxylic acids is 1. The van der Waals surface area contributed by atoms with Crippen molar-refractivity contribution >= 4 is 39.4 Å². The normalized spacial score (nSPS) is 11.7. The monoisotopic (exact) mass is 513 g/mol. The van der Waals surface area contributed by atoms with Gasteiger partial charge >= 0.3 is 5.97 Å². The Bertz CT molecular complexity index is 1780. The van der Waals surface area contributed by atoms with Crippen LogP contribution >= 0.6 is 0 Å². The smallest absolute Gasteiger partial charge is 0.352 e. The summed E-state index contributed by atoms with van der Waals surface area (Å²) in [5.74, 6) is -0.133. The van der Waals surface area contributed by atoms with Crippen LogP contribution in [0.2, 0.25) is 0 Å². The number of aromatic amines is 1. The first kappa shape index (κ1) is 24.2. The SMILES string of the molecule is O=C(O)c1[nH]c2c(/C(=C/n3ccnc3)c3ccccc3)cccc2c1CCCOc1cccc2ccccc12. The Morgan fingerprint density at radius 2 is 1.69 bits per heavy atom. The Morgan fingerprint density at radius 3 is 2.51 bits per heavy atom. The van der Waals surface area contributed by atoms with Crippen LogP contribution in [0.4, 0.5) is 0 Å². The zero-order valence-electron chi connectivity index (χ0n) is 21.2. The fourth-order valence-electron chi connectivity index (χ4n) is 5.11. The minimum Gasteiger partial charge on any atom is -0.493 e. The summed E-state index contributed by atoms with van der Waals surface area (Å²) >= 11 is 0. The van der Waals surface area contributed by atoms with Gasteiger partial charge in [0.2, 0.25) is 0 Å². The molecule has 0 bridgehead atoms. The number of aromatic nitrogens is 3. The van der Waals surface area contributed by atoms with E-state index in [2.05, 4.69) is 28.2 Å². The summed E-state index contributed by atoms with van der Waals surface area (Å²) in [6, 6.07) is 30.2. The molecule has 0 aliphatic rings. The third-order valence-electron chi connectivity index (χ3n) is 6.91. The topological polar surface area (TPSA) is 80.1 Å². The quantitative estimate of drug-likeness (QED) is 0.199. The highest BCUT2D eigenvalue weighted by molar-refractivity contribution is 6.04. The number of hydrogen-bond acceptors (Lipinski definition) is 3. The highest BCUT2D eigenvalue weighted by Gasteiger charge is 2.20. The van der Waals surface area contributed by atoms with Crippen LogP contribution in [-0.4, -0.2) is 32.2 Å². The van der Waals surface area contributed by atoms with E-state index in [1.54, 1.807) is 12.5 Å². The number of fused-ring (bicyclic) bond motifs is 2. The highest BCUT2D eigenvalue weighted by Crippen LogP contribution is 2.34. The van der Waals surface area contributed by atoms with Gasteiger partial charge in [-0.2, -0.15) is 0 Å². The van der Waals surface area contributed by atoms with Crippen LogP contribution in [0.15, 0.2) is 110 Å². The van der Waals surface area contributed by atoms with Crippen molar-refractivity contribution in [2.75, 3.05) is 6.61 Å². The molecule has 0 aliphatic carbocycles. The number of para-hydroxylation sites is 1. The summed E-state index contributed by atoms with van der Waals surface area (Å²) in [7, 11) is 0. The van der Waals surface area contributed by atoms with E-state index in [4.69, 9.17) is 4.74 Å². The van der Waals surface area contributed by atoms with Crippen molar-refractivity contribution in [1.82, 2.24) is 14.5 Å². The molecule has 6 aromatic rings. The van der Waals surface area contributed by atoms with Crippen molar-refractivity contribution in [2.45, 2.75) is 12.8 Å². The zero-order valence-corrected chi connectivity index (χ0v) is 21.2. The summed E-state index contributed by atoms with van der Waals surface area (Å²) < 4.78 is 8.03. The molecule has 6 nitrogen and oxygen atoms in total. The maximum atomic E-state index is 12.3. The highest BCUT2D eigenvalue weighted by atomic mass is 16.5. The molecule has 0 amide bonds. The fraction of sp³-hybridized carbons (Fsp3) is 0.0909. The predicted molar refractivity (Wildman–Crippen MR) is 155 cm³/mol. The van der Waals surface area contributed by atoms with Crippen LogP contribution in [0.25, 0.3) is 33.4 Å². The number of nitrogens with zero attached hydrogens (tertiary/aromatic N) is 2. The van der Waals surface area contributed by atoms with Crippen LogP contribution in [0, 0.1) is 0 Å². The van der Waals surface area contributed by atoms with Gasteiger partial charge in [-0.1, -0.05) is 84.9 Å². The zero-order chi connectivity index (χ0) is 26.6. The van der Waals surface area contributed by atoms with Gasteiger partial charge in [-0.05, 0) is 35.4 Å². The van der Waals surface area contributed by atoms with E-state index < -0.39 is 5.97 Å². The fourth-order valence-corrected chi connectivity index (χ4v) is 5.11. The number of ether oxygens (including phenoxy) is 1. The Morgan fingerprint density at radius 1 is 0.923 bits per heavy atom. The van der Waals surface area contributed by atoms with Crippen molar-refractivity contribution < 1.29 is 14.6 Å². The van der Waals surface area contributed by atoms with Gasteiger partial charge in [-0.25, -0.2) is 9.78 Å². The number of aryl methyl sites for hydroxylation is 1. The van der Waals surface area contributed by atoms with Crippen molar-refractivity contribution in [1.29, 1.82) is 0 Å². The number of imidazole rings is 1. The van der Waals surface area contributed by atoms with Gasteiger partial charge in [0, 0.05) is 40.5 Å². The molecule has 4 aromatic carbocycles. The van der Waals surface area contributed by atoms with Gasteiger partial charge in [-0.15, -0.1) is 0 Å². The van der Waals surface area contributed by atoms with E-state index in [0.29, 0.717) is 19.4 Å². The van der Waals surface area contributed by atoms with Crippen LogP contribution in [0.1, 0.15) is 33.6 Å². The van der Waals surface area contributed by atoms with Crippen LogP contribution in [0.5, 0.6) is 5.75 Å². The Hall–Kier alpha value is -5.10. The van der Waals surface area contributed by atoms with E-state index >= 15 is 0 Å². The van der Waals surface area contributed by atoms with Crippen LogP contribution < -0.4 is 4.74 Å². The van der Waals surface area contributed by atoms with Gasteiger partial charge in [0.1, 0.15) is 11.4 Å². The molecule has 2 heterocycles. The molecule has 6 rings (SSSR count). The van der Waals surface area contributed by atoms with Gasteiger partial charge in [-0.3, -0.25) is 0 Å². The van der Waals surface area contributed by atoms with Crippen molar-refractivity contribution in [3.8, 4) is 5.75 Å². The molecule has 2 N–H and O–H groups in total. The van der Waals surface area contributed by atoms with Crippen molar-refractivity contribution in [2.24, 2.45) is 0 Å². The maximum absolute atomic E-state index is 12.3. The molecule has 0 atom stereocenters. The van der Waals surface area contributed by atoms with Gasteiger partial charge in [0.25, 0.3) is 0 Å². The average Bonchev–Trinajstić information content (AvgIpc) is 3.63. The van der Waals surface area contributed by atoms with E-state index in [0.717, 1.165) is 49.7 Å². The number of benzene rings is 4. The first-order chi connectivity index (χ1) is 19.2. The van der Waals surface area contributed by atoms with E-state index in [9.17, 15) is 9.90 Å². The van der Waals surface area contributed by atoms with Crippen molar-refractivity contribution in [3.05, 3.63) is 132 Å². The van der Waals surface area contributed by atoms with Crippen molar-refractivity contribution in [3.63, 3.8) is 0 Å². The number of hydrogen-bond donors (Lipinski definition) is 2. The lowest BCUT2D eigenvalue weighted by molar-refractivity contribution is 0.0690. The lowest BCUT2D eigenvalue weighted by Gasteiger charge is -2.11. The number of nitrogens with one attached hydrogen (secondary N) is 1. The van der Waals surface area contributed by atoms with E-state index in [-0.39, 0.29) is 5.69 Å². The number of carbonyl (C=O) groups is 1. The third-order valence-corrected chi connectivity index (χ3v) is 6.91. The second kappa shape index (κ2) is 10.7. The minimum absolute atomic E-state index is 0.220. The molecule has 0 fully saturated rings. The number of carboxylic acid groups (broad SMARTS) is 1. The molecule has 0 radical (unpaired) electrons. The molecule has 0 saturated carbocycles. The summed E-state index contributed by atoms with van der Waals surface area (Å²) in [4.78, 5) is 19.7. The molecule has 2 aromatic heterocycles. The average molecular weight is 514 g/mol. The third kappa shape index (κ3) is 4.92. The van der Waals surface area contributed by atoms with Crippen LogP contribution in [0.3, 0.4) is 0 Å². The summed E-state index contributed by atoms with van der Waals surface area (Å²) in [5, 5.41) is 13.2. The lowest BCUT2D eigenvalue weighted by Crippen LogP contribution is -2.04. The van der Waals surface area contributed by atoms with Gasteiger partial charge in [0.15, 0.2) is 0 Å². The summed E-state index contributed by atoms with van der Waals surface area (Å²) in [6.45, 7) is 0.481. The number of H-pyrrole nitrogens is 1. The Balaban J connectivity index is 1.33. The standard InChI is InChI=1S/C33H27N3O3/c37-33(38)32-27(16-8-20-39-30-17-6-12-23-11-4-5-13-25(23)30)26-14-7-15-28(31(26)35-32)29(21-36-19-18-34-22-36)24-9-2-1-3-10-24/h1-7,9-15,17-19,21-22,35H,8,16,20H2,(H,37,38)/b29-21+. The van der Waals surface area contributed by atoms with E-state index in [1.165, 1.54) is 0 Å². The first-order valence-electron chi connectivity index (χ1n) is 12.9. The number of aromatic carboxylic acids is 1. The minimum atomic E-state index is -0.970. The molecular formula is C33H27N3O3. The predicted octanol–water partition coefficient (Wildman–Crippen LogP) is 7.27. The van der Waals surface area contributed by atoms with Gasteiger partial charge in [0.05, 0.1) is 18.5 Å². The largest absolute Gasteiger partial charge is 0.493 e. The maximum Gasteiger partial charge on any atom is 0.352 e. The second-order valence-corrected chi connectivity index (χ2v) is 9.36. The molecule has 0 unspecified atom stereocenters. The molecule has 39 heavy (non-hydrogen) atoms. The lowest BCUT2D eigenvalue weighted by atomic mass is 9.95. The molecule has 0 spiro atoms. The summed E-state index contributed by atoms with van der Waals surface area (Å²) in [6.07, 6.45) is 8.61. The summed E-state index contributed by atoms with van der Waals surface area (Å²) in [5.41, 5.74) is 4.72. The number of rotatable bonds is 9. The molecular weight excluding hydrogens is 486 g/mol. The first-order valence-corrected chi connectivity index (χ1v) is 12.9. The molecule has 6 heteroatoms. The molecule has 192 valence electrons. The van der Waals surface area contributed by atoms with Crippen LogP contribution in [-0.2, 0) is 6.42 Å². The van der Waals surface area contributed by atoms with Gasteiger partial charge < -0.3 is 19.4 Å². The molecule has 0 aliphatic heterocycles. The second-order valence-electron chi connectivity index (χ2n) is 9.36. The Kier molecular flexibility index (Phi) is 6.66. The molecule has 0 saturated heterocycles. The Labute approximate surface area is 225 Å².